The number of hydrogen-bond acceptors (Lipinski definition) is 2. The van der Waals surface area contributed by atoms with Gasteiger partial charge in [-0.3, -0.25) is 9.48 Å². The molecular weight excluding hydrogens is 264 g/mol. The summed E-state index contributed by atoms with van der Waals surface area (Å²) in [6, 6.07) is 9.94. The van der Waals surface area contributed by atoms with Crippen LogP contribution in [0, 0.1) is 6.92 Å². The van der Waals surface area contributed by atoms with Crippen LogP contribution in [-0.4, -0.2) is 20.9 Å². The third-order valence-electron chi connectivity index (χ3n) is 4.53. The Morgan fingerprint density at radius 3 is 2.90 bits per heavy atom. The van der Waals surface area contributed by atoms with Crippen LogP contribution in [0.5, 0.6) is 0 Å². The lowest BCUT2D eigenvalue weighted by molar-refractivity contribution is -0.143. The predicted octanol–water partition coefficient (Wildman–Crippen LogP) is 2.72. The van der Waals surface area contributed by atoms with Gasteiger partial charge in [-0.25, -0.2) is 0 Å². The molecule has 1 aliphatic rings. The monoisotopic (exact) mass is 284 g/mol. The minimum atomic E-state index is -0.810. The van der Waals surface area contributed by atoms with E-state index < -0.39 is 11.4 Å². The zero-order valence-corrected chi connectivity index (χ0v) is 12.5. The Balaban J connectivity index is 2.06. The molecule has 3 rings (SSSR count). The first-order valence-electron chi connectivity index (χ1n) is 7.42. The smallest absolute Gasteiger partial charge is 0.314 e. The predicted molar refractivity (Wildman–Crippen MR) is 80.4 cm³/mol. The molecule has 0 amide bonds. The van der Waals surface area contributed by atoms with E-state index in [1.54, 1.807) is 0 Å². The third-order valence-corrected chi connectivity index (χ3v) is 4.53. The standard InChI is InChI=1S/C17H20N2O2/c1-3-19-14(10-12(2)18-19)11-17(16(20)21)9-8-13-6-4-5-7-15(13)17/h4-7,10H,3,8-9,11H2,1-2H3,(H,20,21). The lowest BCUT2D eigenvalue weighted by Gasteiger charge is -2.25. The average Bonchev–Trinajstić information content (AvgIpc) is 3.01. The molecule has 1 N–H and O–H groups in total. The second-order valence-electron chi connectivity index (χ2n) is 5.81. The van der Waals surface area contributed by atoms with Gasteiger partial charge in [-0.1, -0.05) is 24.3 Å². The summed E-state index contributed by atoms with van der Waals surface area (Å²) in [5, 5.41) is 14.4. The van der Waals surface area contributed by atoms with E-state index in [-0.39, 0.29) is 0 Å². The van der Waals surface area contributed by atoms with Gasteiger partial charge in [0, 0.05) is 18.7 Å². The van der Waals surface area contributed by atoms with Crippen molar-refractivity contribution in [2.45, 2.75) is 45.1 Å². The first-order valence-corrected chi connectivity index (χ1v) is 7.42. The molecule has 1 atom stereocenters. The Labute approximate surface area is 124 Å². The fraction of sp³-hybridized carbons (Fsp3) is 0.412. The highest BCUT2D eigenvalue weighted by atomic mass is 16.4. The molecule has 1 unspecified atom stereocenters. The van der Waals surface area contributed by atoms with Gasteiger partial charge in [0.25, 0.3) is 0 Å². The lowest BCUT2D eigenvalue weighted by Crippen LogP contribution is -2.36. The quantitative estimate of drug-likeness (QED) is 0.939. The molecule has 0 radical (unpaired) electrons. The maximum Gasteiger partial charge on any atom is 0.314 e. The van der Waals surface area contributed by atoms with Gasteiger partial charge in [0.1, 0.15) is 0 Å². The lowest BCUT2D eigenvalue weighted by atomic mass is 9.78. The van der Waals surface area contributed by atoms with E-state index in [9.17, 15) is 9.90 Å². The fourth-order valence-electron chi connectivity index (χ4n) is 3.49. The Kier molecular flexibility index (Phi) is 3.32. The molecule has 2 aromatic rings. The SMILES string of the molecule is CCn1nc(C)cc1CC1(C(=O)O)CCc2ccccc21. The van der Waals surface area contributed by atoms with E-state index >= 15 is 0 Å². The van der Waals surface area contributed by atoms with Crippen LogP contribution in [0.4, 0.5) is 0 Å². The Morgan fingerprint density at radius 1 is 1.43 bits per heavy atom. The summed E-state index contributed by atoms with van der Waals surface area (Å²) >= 11 is 0. The molecule has 0 bridgehead atoms. The molecule has 1 aliphatic carbocycles. The van der Waals surface area contributed by atoms with Crippen LogP contribution in [0.2, 0.25) is 0 Å². The highest BCUT2D eigenvalue weighted by Crippen LogP contribution is 2.41. The van der Waals surface area contributed by atoms with E-state index in [1.807, 2.05) is 48.9 Å². The van der Waals surface area contributed by atoms with Gasteiger partial charge < -0.3 is 5.11 Å². The topological polar surface area (TPSA) is 55.1 Å². The summed E-state index contributed by atoms with van der Waals surface area (Å²) in [4.78, 5) is 12.1. The number of rotatable bonds is 4. The third kappa shape index (κ3) is 2.15. The molecule has 1 aromatic carbocycles. The summed E-state index contributed by atoms with van der Waals surface area (Å²) in [6.45, 7) is 4.75. The Hall–Kier alpha value is -2.10. The largest absolute Gasteiger partial charge is 0.481 e. The summed E-state index contributed by atoms with van der Waals surface area (Å²) < 4.78 is 1.92. The van der Waals surface area contributed by atoms with E-state index in [0.717, 1.165) is 29.9 Å². The number of aromatic nitrogens is 2. The van der Waals surface area contributed by atoms with Gasteiger partial charge in [0.15, 0.2) is 0 Å². The van der Waals surface area contributed by atoms with E-state index in [0.29, 0.717) is 12.8 Å². The van der Waals surface area contributed by atoms with Crippen molar-refractivity contribution in [2.24, 2.45) is 0 Å². The van der Waals surface area contributed by atoms with Crippen molar-refractivity contribution < 1.29 is 9.90 Å². The maximum absolute atomic E-state index is 12.1. The van der Waals surface area contributed by atoms with Crippen molar-refractivity contribution in [3.63, 3.8) is 0 Å². The highest BCUT2D eigenvalue weighted by Gasteiger charge is 2.46. The van der Waals surface area contributed by atoms with Crippen LogP contribution in [-0.2, 0) is 29.6 Å². The second kappa shape index (κ2) is 5.02. The van der Waals surface area contributed by atoms with Gasteiger partial charge in [-0.05, 0) is 43.9 Å². The number of aliphatic carboxylic acids is 1. The molecule has 4 heteroatoms. The normalized spacial score (nSPS) is 20.5. The first kappa shape index (κ1) is 13.9. The molecule has 1 heterocycles. The number of fused-ring (bicyclic) bond motifs is 1. The van der Waals surface area contributed by atoms with Crippen molar-refractivity contribution in [1.82, 2.24) is 9.78 Å². The minimum Gasteiger partial charge on any atom is -0.481 e. The van der Waals surface area contributed by atoms with Crippen LogP contribution in [0.15, 0.2) is 30.3 Å². The van der Waals surface area contributed by atoms with Gasteiger partial charge in [-0.15, -0.1) is 0 Å². The van der Waals surface area contributed by atoms with Crippen LogP contribution in [0.25, 0.3) is 0 Å². The zero-order valence-electron chi connectivity index (χ0n) is 12.5. The van der Waals surface area contributed by atoms with Gasteiger partial charge >= 0.3 is 5.97 Å². The molecule has 4 nitrogen and oxygen atoms in total. The Bertz CT molecular complexity index is 690. The minimum absolute atomic E-state index is 0.508. The van der Waals surface area contributed by atoms with Crippen molar-refractivity contribution in [1.29, 1.82) is 0 Å². The Morgan fingerprint density at radius 2 is 2.19 bits per heavy atom. The molecule has 21 heavy (non-hydrogen) atoms. The first-order chi connectivity index (χ1) is 10.1. The maximum atomic E-state index is 12.1. The van der Waals surface area contributed by atoms with E-state index in [2.05, 4.69) is 5.10 Å². The summed E-state index contributed by atoms with van der Waals surface area (Å²) in [6.07, 6.45) is 2.01. The number of aryl methyl sites for hydroxylation is 3. The molecule has 1 aromatic heterocycles. The van der Waals surface area contributed by atoms with Crippen LogP contribution in [0.3, 0.4) is 0 Å². The molecule has 110 valence electrons. The zero-order chi connectivity index (χ0) is 15.0. The highest BCUT2D eigenvalue weighted by molar-refractivity contribution is 5.83. The number of benzene rings is 1. The molecule has 0 spiro atoms. The molecule has 0 saturated heterocycles. The van der Waals surface area contributed by atoms with Crippen molar-refractivity contribution in [3.8, 4) is 0 Å². The molecule has 0 saturated carbocycles. The van der Waals surface area contributed by atoms with E-state index in [4.69, 9.17) is 0 Å². The molecule has 0 fully saturated rings. The number of nitrogens with zero attached hydrogens (tertiary/aromatic N) is 2. The summed E-state index contributed by atoms with van der Waals surface area (Å²) in [5.74, 6) is -0.728. The summed E-state index contributed by atoms with van der Waals surface area (Å²) in [5.41, 5.74) is 3.28. The molecular formula is C17H20N2O2. The number of carbonyl (C=O) groups is 1. The van der Waals surface area contributed by atoms with Gasteiger partial charge in [0.2, 0.25) is 0 Å². The number of carboxylic acids is 1. The second-order valence-corrected chi connectivity index (χ2v) is 5.81. The van der Waals surface area contributed by atoms with Crippen LogP contribution >= 0.6 is 0 Å². The van der Waals surface area contributed by atoms with Gasteiger partial charge in [-0.2, -0.15) is 5.10 Å². The number of carboxylic acid groups (broad SMARTS) is 1. The fourth-order valence-corrected chi connectivity index (χ4v) is 3.49. The van der Waals surface area contributed by atoms with Crippen molar-refractivity contribution in [2.75, 3.05) is 0 Å². The van der Waals surface area contributed by atoms with Crippen LogP contribution in [0.1, 0.15) is 35.9 Å². The average molecular weight is 284 g/mol. The van der Waals surface area contributed by atoms with Gasteiger partial charge in [0.05, 0.1) is 11.1 Å². The molecule has 0 aliphatic heterocycles. The van der Waals surface area contributed by atoms with Crippen molar-refractivity contribution in [3.05, 3.63) is 52.8 Å². The van der Waals surface area contributed by atoms with E-state index in [1.165, 1.54) is 5.56 Å². The summed E-state index contributed by atoms with van der Waals surface area (Å²) in [7, 11) is 0. The number of hydrogen-bond donors (Lipinski definition) is 1. The van der Waals surface area contributed by atoms with Crippen LogP contribution < -0.4 is 0 Å². The van der Waals surface area contributed by atoms with Crippen molar-refractivity contribution >= 4 is 5.97 Å².